The minimum absolute atomic E-state index is 0.809. The molecule has 1 fully saturated rings. The van der Waals surface area contributed by atoms with Crippen molar-refractivity contribution in [1.82, 2.24) is 10.3 Å². The zero-order valence-electron chi connectivity index (χ0n) is 6.88. The van der Waals surface area contributed by atoms with Crippen LogP contribution in [0, 0.1) is 0 Å². The van der Waals surface area contributed by atoms with Crippen LogP contribution >= 0.6 is 0 Å². The van der Waals surface area contributed by atoms with Crippen molar-refractivity contribution in [1.29, 1.82) is 0 Å². The van der Waals surface area contributed by atoms with Crippen molar-refractivity contribution in [3.05, 3.63) is 0 Å². The first-order valence-corrected chi connectivity index (χ1v) is 3.86. The van der Waals surface area contributed by atoms with Gasteiger partial charge < -0.3 is 5.32 Å². The molecule has 1 heterocycles. The zero-order valence-corrected chi connectivity index (χ0v) is 6.88. The highest BCUT2D eigenvalue weighted by Gasteiger charge is 2.12. The molecule has 4 heteroatoms. The summed E-state index contributed by atoms with van der Waals surface area (Å²) in [5, 5.41) is 8.93. The second kappa shape index (κ2) is 4.08. The van der Waals surface area contributed by atoms with E-state index in [0.717, 1.165) is 32.0 Å². The molecule has 11 heavy (non-hydrogen) atoms. The lowest BCUT2D eigenvalue weighted by molar-refractivity contribution is 0.401. The standard InChI is InChI=1S/C7H14N4/c1-3-10-7-6-9-4-5-11(7)8-2/h9H,2-6H2,1H3/b10-7-. The number of nitrogens with one attached hydrogen (secondary N) is 1. The Kier molecular flexibility index (Phi) is 3.04. The fourth-order valence-corrected chi connectivity index (χ4v) is 1.08. The van der Waals surface area contributed by atoms with E-state index >= 15 is 0 Å². The number of nitrogens with zero attached hydrogens (tertiary/aromatic N) is 3. The molecule has 0 amide bonds. The fraction of sp³-hybridized carbons (Fsp3) is 0.714. The maximum absolute atomic E-state index is 4.28. The molecule has 1 aliphatic rings. The number of rotatable bonds is 2. The lowest BCUT2D eigenvalue weighted by Crippen LogP contribution is -2.45. The number of piperazine rings is 1. The smallest absolute Gasteiger partial charge is 0.133 e. The molecule has 1 N–H and O–H groups in total. The van der Waals surface area contributed by atoms with Crippen LogP contribution in [0.25, 0.3) is 0 Å². The van der Waals surface area contributed by atoms with Crippen molar-refractivity contribution in [3.8, 4) is 0 Å². The van der Waals surface area contributed by atoms with E-state index in [4.69, 9.17) is 0 Å². The number of hydrazone groups is 1. The van der Waals surface area contributed by atoms with E-state index in [9.17, 15) is 0 Å². The topological polar surface area (TPSA) is 40.0 Å². The molecule has 0 unspecified atom stereocenters. The Hall–Kier alpha value is -0.900. The van der Waals surface area contributed by atoms with Gasteiger partial charge in [-0.05, 0) is 6.92 Å². The molecule has 0 atom stereocenters. The molecule has 0 aliphatic carbocycles. The van der Waals surface area contributed by atoms with E-state index in [0.29, 0.717) is 0 Å². The largest absolute Gasteiger partial charge is 0.308 e. The third kappa shape index (κ3) is 2.01. The SMILES string of the molecule is C=NN1CCNC/C1=N/CC. The van der Waals surface area contributed by atoms with Gasteiger partial charge in [0.1, 0.15) is 5.84 Å². The number of hydrogen-bond acceptors (Lipinski definition) is 3. The lowest BCUT2D eigenvalue weighted by atomic mass is 10.4. The van der Waals surface area contributed by atoms with Gasteiger partial charge in [-0.1, -0.05) is 0 Å². The van der Waals surface area contributed by atoms with E-state index in [1.165, 1.54) is 0 Å². The Morgan fingerprint density at radius 2 is 2.55 bits per heavy atom. The van der Waals surface area contributed by atoms with Gasteiger partial charge in [0.2, 0.25) is 0 Å². The molecule has 1 saturated heterocycles. The highest BCUT2D eigenvalue weighted by molar-refractivity contribution is 5.84. The van der Waals surface area contributed by atoms with Crippen LogP contribution in [0.2, 0.25) is 0 Å². The van der Waals surface area contributed by atoms with Crippen molar-refractivity contribution in [2.45, 2.75) is 6.92 Å². The van der Waals surface area contributed by atoms with Crippen molar-refractivity contribution in [2.75, 3.05) is 26.2 Å². The molecule has 1 aliphatic heterocycles. The van der Waals surface area contributed by atoms with E-state index < -0.39 is 0 Å². The molecule has 0 bridgehead atoms. The number of hydrogen-bond donors (Lipinski definition) is 1. The normalized spacial score (nSPS) is 22.3. The molecular weight excluding hydrogens is 140 g/mol. The molecule has 0 aromatic carbocycles. The van der Waals surface area contributed by atoms with Gasteiger partial charge in [0.15, 0.2) is 0 Å². The highest BCUT2D eigenvalue weighted by atomic mass is 15.5. The molecule has 1 rings (SSSR count). The average Bonchev–Trinajstić information content (AvgIpc) is 2.06. The van der Waals surface area contributed by atoms with E-state index in [1.54, 1.807) is 0 Å². The van der Waals surface area contributed by atoms with E-state index in [1.807, 2.05) is 11.9 Å². The third-order valence-electron chi connectivity index (χ3n) is 1.59. The fourth-order valence-electron chi connectivity index (χ4n) is 1.08. The Balaban J connectivity index is 2.58. The second-order valence-electron chi connectivity index (χ2n) is 2.33. The predicted molar refractivity (Wildman–Crippen MR) is 47.1 cm³/mol. The molecule has 62 valence electrons. The zero-order chi connectivity index (χ0) is 8.10. The summed E-state index contributed by atoms with van der Waals surface area (Å²) in [6.07, 6.45) is 0. The van der Waals surface area contributed by atoms with Gasteiger partial charge in [-0.15, -0.1) is 0 Å². The minimum Gasteiger partial charge on any atom is -0.308 e. The summed E-state index contributed by atoms with van der Waals surface area (Å²) < 4.78 is 0. The summed E-state index contributed by atoms with van der Waals surface area (Å²) in [6.45, 7) is 8.96. The summed E-state index contributed by atoms with van der Waals surface area (Å²) in [5.41, 5.74) is 0. The average molecular weight is 154 g/mol. The lowest BCUT2D eigenvalue weighted by Gasteiger charge is -2.25. The van der Waals surface area contributed by atoms with Gasteiger partial charge in [0, 0.05) is 19.8 Å². The van der Waals surface area contributed by atoms with Crippen LogP contribution < -0.4 is 5.32 Å². The monoisotopic (exact) mass is 154 g/mol. The van der Waals surface area contributed by atoms with Gasteiger partial charge in [0.05, 0.1) is 13.1 Å². The first-order valence-electron chi connectivity index (χ1n) is 3.86. The second-order valence-corrected chi connectivity index (χ2v) is 2.33. The van der Waals surface area contributed by atoms with Crippen molar-refractivity contribution in [3.63, 3.8) is 0 Å². The van der Waals surface area contributed by atoms with Crippen LogP contribution in [0.4, 0.5) is 0 Å². The van der Waals surface area contributed by atoms with Gasteiger partial charge in [-0.25, -0.2) is 0 Å². The predicted octanol–water partition coefficient (Wildman–Crippen LogP) is -0.0744. The molecule has 4 nitrogen and oxygen atoms in total. The van der Waals surface area contributed by atoms with E-state index in [2.05, 4.69) is 22.1 Å². The van der Waals surface area contributed by atoms with Gasteiger partial charge >= 0.3 is 0 Å². The molecule has 0 aromatic rings. The maximum Gasteiger partial charge on any atom is 0.133 e. The van der Waals surface area contributed by atoms with Crippen LogP contribution in [-0.4, -0.2) is 43.7 Å². The Bertz CT molecular complexity index is 164. The van der Waals surface area contributed by atoms with Crippen molar-refractivity contribution < 1.29 is 0 Å². The summed E-state index contributed by atoms with van der Waals surface area (Å²) in [6, 6.07) is 0. The van der Waals surface area contributed by atoms with Crippen LogP contribution in [-0.2, 0) is 0 Å². The maximum atomic E-state index is 4.28. The summed E-state index contributed by atoms with van der Waals surface area (Å²) >= 11 is 0. The summed E-state index contributed by atoms with van der Waals surface area (Å²) in [5.74, 6) is 0.994. The molecule has 0 radical (unpaired) electrons. The van der Waals surface area contributed by atoms with Crippen LogP contribution in [0.5, 0.6) is 0 Å². The van der Waals surface area contributed by atoms with Crippen molar-refractivity contribution in [2.24, 2.45) is 10.1 Å². The van der Waals surface area contributed by atoms with Gasteiger partial charge in [0.25, 0.3) is 0 Å². The van der Waals surface area contributed by atoms with Crippen LogP contribution in [0.3, 0.4) is 0 Å². The molecule has 0 spiro atoms. The molecular formula is C7H14N4. The van der Waals surface area contributed by atoms with Gasteiger partial charge in [-0.2, -0.15) is 5.10 Å². The highest BCUT2D eigenvalue weighted by Crippen LogP contribution is 1.96. The Labute approximate surface area is 67.0 Å². The Morgan fingerprint density at radius 1 is 1.73 bits per heavy atom. The quantitative estimate of drug-likeness (QED) is 0.565. The molecule has 0 saturated carbocycles. The Morgan fingerprint density at radius 3 is 3.18 bits per heavy atom. The van der Waals surface area contributed by atoms with Crippen molar-refractivity contribution >= 4 is 12.6 Å². The molecule has 0 aromatic heterocycles. The first kappa shape index (κ1) is 8.20. The van der Waals surface area contributed by atoms with Crippen LogP contribution in [0.15, 0.2) is 10.1 Å². The minimum atomic E-state index is 0.809. The summed E-state index contributed by atoms with van der Waals surface area (Å²) in [4.78, 5) is 4.28. The van der Waals surface area contributed by atoms with E-state index in [-0.39, 0.29) is 0 Å². The first-order chi connectivity index (χ1) is 5.38. The third-order valence-corrected chi connectivity index (χ3v) is 1.59. The summed E-state index contributed by atoms with van der Waals surface area (Å²) in [7, 11) is 0. The van der Waals surface area contributed by atoms with Crippen LogP contribution in [0.1, 0.15) is 6.92 Å². The number of aliphatic imine (C=N–C) groups is 1. The number of amidine groups is 1. The van der Waals surface area contributed by atoms with Gasteiger partial charge in [-0.3, -0.25) is 10.0 Å².